The van der Waals surface area contributed by atoms with Crippen LogP contribution >= 0.6 is 11.8 Å². The van der Waals surface area contributed by atoms with Crippen LogP contribution in [0.25, 0.3) is 0 Å². The zero-order chi connectivity index (χ0) is 5.82. The van der Waals surface area contributed by atoms with Crippen molar-refractivity contribution in [2.45, 2.75) is 0 Å². The first kappa shape index (κ1) is 5.36. The predicted molar refractivity (Wildman–Crippen MR) is 34.0 cm³/mol. The van der Waals surface area contributed by atoms with E-state index >= 15 is 0 Å². The zero-order valence-electron chi connectivity index (χ0n) is 4.19. The molecule has 1 nitrogen and oxygen atoms in total. The second-order valence-electron chi connectivity index (χ2n) is 1.37. The van der Waals surface area contributed by atoms with Crippen LogP contribution in [0.2, 0.25) is 0 Å². The number of allylic oxidation sites excluding steroid dienone is 5. The Bertz CT molecular complexity index is 156. The van der Waals surface area contributed by atoms with E-state index in [0.717, 1.165) is 5.70 Å². The highest BCUT2D eigenvalue weighted by Gasteiger charge is 1.97. The van der Waals surface area contributed by atoms with Gasteiger partial charge < -0.3 is 0 Å². The minimum absolute atomic E-state index is 0.800. The lowest BCUT2D eigenvalue weighted by atomic mass is 10.3. The van der Waals surface area contributed by atoms with Crippen molar-refractivity contribution in [3.05, 3.63) is 36.1 Å². The minimum Gasteiger partial charge on any atom is -0.268 e. The minimum atomic E-state index is 0.800. The second kappa shape index (κ2) is 2.51. The first-order chi connectivity index (χ1) is 3.93. The molecule has 0 unspecified atom stereocenters. The molecule has 0 saturated carbocycles. The van der Waals surface area contributed by atoms with Gasteiger partial charge in [0.25, 0.3) is 0 Å². The molecule has 0 aromatic rings. The molecule has 0 spiro atoms. The van der Waals surface area contributed by atoms with E-state index in [-0.39, 0.29) is 0 Å². The molecular formula is C6H5ClN+. The van der Waals surface area contributed by atoms with Crippen LogP contribution in [0.15, 0.2) is 30.0 Å². The monoisotopic (exact) mass is 126 g/mol. The van der Waals surface area contributed by atoms with Crippen LogP contribution in [0, 0.1) is 6.08 Å². The molecule has 1 aliphatic rings. The normalized spacial score (nSPS) is 14.9. The molecule has 0 atom stereocenters. The molecule has 1 N–H and O–H groups in total. The Balaban J connectivity index is 2.68. The van der Waals surface area contributed by atoms with Crippen molar-refractivity contribution in [1.82, 2.24) is 4.84 Å². The quantitative estimate of drug-likeness (QED) is 0.415. The van der Waals surface area contributed by atoms with Crippen LogP contribution < -0.4 is 4.84 Å². The van der Waals surface area contributed by atoms with Crippen LogP contribution in [0.4, 0.5) is 0 Å². The molecule has 0 heterocycles. The highest BCUT2D eigenvalue weighted by Crippen LogP contribution is 1.97. The topological polar surface area (TPSA) is 12.0 Å². The summed E-state index contributed by atoms with van der Waals surface area (Å²) in [6.07, 6.45) is 10.3. The lowest BCUT2D eigenvalue weighted by Gasteiger charge is -1.86. The largest absolute Gasteiger partial charge is 0.268 e. The number of halogens is 1. The van der Waals surface area contributed by atoms with Gasteiger partial charge in [-0.1, -0.05) is 0 Å². The summed E-state index contributed by atoms with van der Waals surface area (Å²) in [5.41, 5.74) is 0.800. The SMILES string of the molecule is ClNC1=CC=CC=[C+]1. The van der Waals surface area contributed by atoms with Gasteiger partial charge in [-0.15, -0.1) is 0 Å². The van der Waals surface area contributed by atoms with Gasteiger partial charge in [0.2, 0.25) is 5.70 Å². The maximum atomic E-state index is 5.25. The number of nitrogens with one attached hydrogen (secondary N) is 1. The summed E-state index contributed by atoms with van der Waals surface area (Å²) >= 11 is 5.25. The maximum absolute atomic E-state index is 5.25. The van der Waals surface area contributed by atoms with E-state index in [0.29, 0.717) is 0 Å². The molecule has 0 amide bonds. The summed E-state index contributed by atoms with van der Waals surface area (Å²) in [4.78, 5) is 2.44. The lowest BCUT2D eigenvalue weighted by Crippen LogP contribution is -1.95. The van der Waals surface area contributed by atoms with E-state index in [9.17, 15) is 0 Å². The zero-order valence-corrected chi connectivity index (χ0v) is 4.94. The van der Waals surface area contributed by atoms with Crippen LogP contribution in [0.3, 0.4) is 0 Å². The van der Waals surface area contributed by atoms with Crippen LogP contribution in [0.5, 0.6) is 0 Å². The fourth-order valence-electron chi connectivity index (χ4n) is 0.452. The van der Waals surface area contributed by atoms with Gasteiger partial charge in [-0.25, -0.2) is 0 Å². The molecule has 0 aromatic carbocycles. The third-order valence-corrected chi connectivity index (χ3v) is 1.01. The second-order valence-corrected chi connectivity index (χ2v) is 1.56. The van der Waals surface area contributed by atoms with Crippen LogP contribution in [-0.4, -0.2) is 0 Å². The molecular weight excluding hydrogens is 122 g/mol. The third kappa shape index (κ3) is 1.09. The maximum Gasteiger partial charge on any atom is 0.217 e. The summed E-state index contributed by atoms with van der Waals surface area (Å²) in [5.74, 6) is 0. The van der Waals surface area contributed by atoms with Gasteiger partial charge in [-0.2, -0.15) is 0 Å². The molecule has 0 aliphatic heterocycles. The Kier molecular flexibility index (Phi) is 1.68. The van der Waals surface area contributed by atoms with Crippen LogP contribution in [-0.2, 0) is 0 Å². The molecule has 1 rings (SSSR count). The van der Waals surface area contributed by atoms with Gasteiger partial charge in [-0.3, -0.25) is 4.84 Å². The molecule has 0 radical (unpaired) electrons. The van der Waals surface area contributed by atoms with Crippen molar-refractivity contribution in [3.8, 4) is 0 Å². The van der Waals surface area contributed by atoms with E-state index < -0.39 is 0 Å². The average molecular weight is 127 g/mol. The van der Waals surface area contributed by atoms with Gasteiger partial charge >= 0.3 is 0 Å². The van der Waals surface area contributed by atoms with E-state index in [1.807, 2.05) is 18.2 Å². The van der Waals surface area contributed by atoms with Crippen molar-refractivity contribution in [2.75, 3.05) is 0 Å². The van der Waals surface area contributed by atoms with E-state index in [4.69, 9.17) is 11.8 Å². The van der Waals surface area contributed by atoms with Crippen molar-refractivity contribution in [2.24, 2.45) is 0 Å². The molecule has 0 saturated heterocycles. The summed E-state index contributed by atoms with van der Waals surface area (Å²) in [6.45, 7) is 0. The Morgan fingerprint density at radius 2 is 2.38 bits per heavy atom. The third-order valence-electron chi connectivity index (χ3n) is 0.811. The predicted octanol–water partition coefficient (Wildman–Crippen LogP) is 1.54. The summed E-state index contributed by atoms with van der Waals surface area (Å²) in [6, 6.07) is 0. The van der Waals surface area contributed by atoms with Crippen molar-refractivity contribution < 1.29 is 0 Å². The lowest BCUT2D eigenvalue weighted by molar-refractivity contribution is 1.24. The number of hydrogen-bond acceptors (Lipinski definition) is 1. The van der Waals surface area contributed by atoms with E-state index in [1.165, 1.54) is 0 Å². The highest BCUT2D eigenvalue weighted by molar-refractivity contribution is 6.14. The molecule has 2 heteroatoms. The molecule has 40 valence electrons. The van der Waals surface area contributed by atoms with Gasteiger partial charge in [0.15, 0.2) is 0 Å². The fourth-order valence-corrected chi connectivity index (χ4v) is 0.570. The molecule has 0 bridgehead atoms. The highest BCUT2D eigenvalue weighted by atomic mass is 35.5. The smallest absolute Gasteiger partial charge is 0.217 e. The first-order valence-corrected chi connectivity index (χ1v) is 2.64. The Hall–Kier alpha value is -0.780. The first-order valence-electron chi connectivity index (χ1n) is 2.27. The Labute approximate surface area is 53.5 Å². The molecule has 0 fully saturated rings. The summed E-state index contributed by atoms with van der Waals surface area (Å²) < 4.78 is 0. The van der Waals surface area contributed by atoms with Gasteiger partial charge in [0.05, 0.1) is 18.2 Å². The molecule has 8 heavy (non-hydrogen) atoms. The molecule has 1 aliphatic carbocycles. The van der Waals surface area contributed by atoms with E-state index in [1.54, 1.807) is 6.08 Å². The summed E-state index contributed by atoms with van der Waals surface area (Å²) in [7, 11) is 0. The van der Waals surface area contributed by atoms with Crippen molar-refractivity contribution >= 4 is 11.8 Å². The standard InChI is InChI=1S/C6H5ClN/c7-8-6-4-2-1-3-5-6/h1-4,8H/q+1. The Morgan fingerprint density at radius 3 is 2.75 bits per heavy atom. The van der Waals surface area contributed by atoms with Crippen LogP contribution in [0.1, 0.15) is 0 Å². The van der Waals surface area contributed by atoms with Gasteiger partial charge in [-0.05, 0) is 0 Å². The number of hydrogen-bond donors (Lipinski definition) is 1. The Morgan fingerprint density at radius 1 is 1.50 bits per heavy atom. The average Bonchev–Trinajstić information content (AvgIpc) is 1.90. The summed E-state index contributed by atoms with van der Waals surface area (Å²) in [5, 5.41) is 0. The van der Waals surface area contributed by atoms with Gasteiger partial charge in [0.1, 0.15) is 6.08 Å². The molecule has 0 aromatic heterocycles. The number of rotatable bonds is 1. The van der Waals surface area contributed by atoms with E-state index in [2.05, 4.69) is 10.9 Å². The fraction of sp³-hybridized carbons (Fsp3) is 0. The van der Waals surface area contributed by atoms with Crippen molar-refractivity contribution in [3.63, 3.8) is 0 Å². The van der Waals surface area contributed by atoms with Gasteiger partial charge in [0, 0.05) is 17.9 Å². The van der Waals surface area contributed by atoms with Crippen molar-refractivity contribution in [1.29, 1.82) is 0 Å².